The van der Waals surface area contributed by atoms with E-state index in [2.05, 4.69) is 321 Å². The summed E-state index contributed by atoms with van der Waals surface area (Å²) in [5, 5.41) is 6.86. The van der Waals surface area contributed by atoms with Crippen LogP contribution >= 0.6 is 11.3 Å². The van der Waals surface area contributed by atoms with Gasteiger partial charge in [-0.3, -0.25) is 0 Å². The molecular formula is C89H80BN3OSSi. The summed E-state index contributed by atoms with van der Waals surface area (Å²) in [6.07, 6.45) is 0. The highest BCUT2D eigenvalue weighted by atomic mass is 32.1. The third-order valence-electron chi connectivity index (χ3n) is 20.4. The van der Waals surface area contributed by atoms with Gasteiger partial charge in [0.2, 0.25) is 0 Å². The summed E-state index contributed by atoms with van der Waals surface area (Å²) in [7, 11) is -3.10. The van der Waals surface area contributed by atoms with Gasteiger partial charge in [0.25, 0.3) is 6.71 Å². The number of benzene rings is 12. The first-order valence-electron chi connectivity index (χ1n) is 36.3. The minimum absolute atomic E-state index is 0.0734. The molecule has 14 aromatic rings. The van der Waals surface area contributed by atoms with E-state index in [0.717, 1.165) is 110 Å². The quantitative estimate of drug-likeness (QED) is 0.0898. The first-order chi connectivity index (χ1) is 48.5. The lowest BCUT2D eigenvalue weighted by atomic mass is 9.36. The predicted octanol–water partition coefficient (Wildman–Crippen LogP) is 21.6. The molecule has 0 bridgehead atoms. The maximum absolute atomic E-state index is 9.36. The third kappa shape index (κ3) is 10.3. The molecule has 0 N–H and O–H groups in total. The van der Waals surface area contributed by atoms with Gasteiger partial charge >= 0.3 is 0 Å². The zero-order chi connectivity index (χ0) is 70.3. The molecule has 0 unspecified atom stereocenters. The Labute approximate surface area is 578 Å². The lowest BCUT2D eigenvalue weighted by Crippen LogP contribution is -2.66. The summed E-state index contributed by atoms with van der Waals surface area (Å²) in [5.41, 5.74) is 20.8. The van der Waals surface area contributed by atoms with E-state index >= 15 is 0 Å². The molecule has 4 nitrogen and oxygen atoms in total. The fraction of sp³-hybridized carbons (Fsp3) is 0.169. The van der Waals surface area contributed by atoms with Gasteiger partial charge in [0.1, 0.15) is 19.2 Å². The van der Waals surface area contributed by atoms with Crippen LogP contribution in [-0.2, 0) is 10.8 Å². The van der Waals surface area contributed by atoms with Crippen LogP contribution in [0.15, 0.2) is 277 Å². The Balaban J connectivity index is 1.06. The summed E-state index contributed by atoms with van der Waals surface area (Å²) in [5.74, 6) is 0.684. The normalized spacial score (nSPS) is 13.8. The van der Waals surface area contributed by atoms with E-state index in [1.54, 1.807) is 11.3 Å². The molecule has 2 aromatic heterocycles. The van der Waals surface area contributed by atoms with Crippen LogP contribution in [0.3, 0.4) is 0 Å². The smallest absolute Gasteiger partial charge is 0.264 e. The van der Waals surface area contributed by atoms with Crippen molar-refractivity contribution in [2.24, 2.45) is 0 Å². The van der Waals surface area contributed by atoms with Gasteiger partial charge in [0, 0.05) is 77.1 Å². The molecule has 470 valence electrons. The number of para-hydroxylation sites is 2. The molecule has 2 aliphatic rings. The Morgan fingerprint density at radius 1 is 0.469 bits per heavy atom. The molecule has 0 amide bonds. The molecule has 0 saturated carbocycles. The SMILES string of the molecule is [2H]c1c([2H])c([2H])c(-c2ccc3sc4c(c3c2)N(c2ccc(C(C)(C)C)cc2)c2cc([Si](C)(c3ccc(C(C)C)cc3)c3ccc(C(C)C)cc3)cc3c2B4c2ccc(N(c4ccc(C(C)(C)C)cc4)c4ccccc4-c4ccccc4)cc2N3c2ccc3c(c2)oc2ccccc23)c([2H])c1[2H]. The van der Waals surface area contributed by atoms with Crippen LogP contribution in [0.2, 0.25) is 6.55 Å². The fourth-order valence-electron chi connectivity index (χ4n) is 14.9. The standard InChI is InChI=1S/C89H80BN3OSSi/c1-57(2)59-30-45-70(46-31-59)96(11,71-47-32-60(33-48-71)58(3)4)72-55-80-85-81(56-72)93(67-41-37-65(38-42-67)89(8,9)10)86-76-52-63(61-22-14-12-15-23-61)34-51-84(76)95-87(86)90(85)77-50-44-68(53-79(77)92(80)69-43-49-75-74-27-19-21-29-82(74)94-83(75)54-69)91(66-39-35-64(36-40-66)88(5,6)7)78-28-20-18-26-73(78)62-24-16-13-17-25-62/h12-58H,1-11H3/i12D,14D,15D,22D,23D. The second kappa shape index (κ2) is 23.5. The third-order valence-corrected chi connectivity index (χ3v) is 26.1. The molecule has 0 fully saturated rings. The van der Waals surface area contributed by atoms with Crippen LogP contribution in [0.1, 0.15) is 110 Å². The van der Waals surface area contributed by atoms with E-state index in [4.69, 9.17) is 8.53 Å². The molecule has 2 aliphatic heterocycles. The minimum Gasteiger partial charge on any atom is -0.456 e. The number of anilines is 9. The van der Waals surface area contributed by atoms with Gasteiger partial charge in [-0.05, 0) is 173 Å². The number of hydrogen-bond acceptors (Lipinski definition) is 5. The zero-order valence-electron chi connectivity index (χ0n) is 61.5. The van der Waals surface area contributed by atoms with Crippen molar-refractivity contribution in [3.8, 4) is 22.3 Å². The van der Waals surface area contributed by atoms with Crippen molar-refractivity contribution < 1.29 is 11.3 Å². The Hall–Kier alpha value is -9.92. The van der Waals surface area contributed by atoms with E-state index in [1.807, 2.05) is 12.1 Å². The number of nitrogens with zero attached hydrogens (tertiary/aromatic N) is 3. The van der Waals surface area contributed by atoms with Gasteiger partial charge in [-0.25, -0.2) is 0 Å². The maximum Gasteiger partial charge on any atom is 0.264 e. The summed E-state index contributed by atoms with van der Waals surface area (Å²) in [4.78, 5) is 7.49. The van der Waals surface area contributed by atoms with E-state index in [9.17, 15) is 2.74 Å². The second-order valence-corrected chi connectivity index (χ2v) is 34.1. The molecule has 0 saturated heterocycles. The van der Waals surface area contributed by atoms with E-state index in [1.165, 1.54) is 37.8 Å². The van der Waals surface area contributed by atoms with Gasteiger partial charge in [-0.15, -0.1) is 11.3 Å². The van der Waals surface area contributed by atoms with Crippen molar-refractivity contribution in [1.29, 1.82) is 0 Å². The van der Waals surface area contributed by atoms with Gasteiger partial charge in [0.05, 0.1) is 18.2 Å². The van der Waals surface area contributed by atoms with Crippen molar-refractivity contribution >= 4 is 141 Å². The molecule has 96 heavy (non-hydrogen) atoms. The average Bonchev–Trinajstić information content (AvgIpc) is 1.68. The number of thiophene rings is 1. The van der Waals surface area contributed by atoms with Crippen molar-refractivity contribution in [1.82, 2.24) is 0 Å². The number of rotatable bonds is 12. The monoisotopic (exact) mass is 1280 g/mol. The van der Waals surface area contributed by atoms with E-state index in [0.29, 0.717) is 17.4 Å². The van der Waals surface area contributed by atoms with Crippen LogP contribution in [0, 0.1) is 0 Å². The number of hydrogen-bond donors (Lipinski definition) is 0. The molecule has 0 spiro atoms. The van der Waals surface area contributed by atoms with Gasteiger partial charge < -0.3 is 19.1 Å². The fourth-order valence-corrected chi connectivity index (χ4v) is 19.7. The van der Waals surface area contributed by atoms with Gasteiger partial charge in [0.15, 0.2) is 0 Å². The molecule has 16 rings (SSSR count). The van der Waals surface area contributed by atoms with Crippen LogP contribution in [0.5, 0.6) is 0 Å². The Morgan fingerprint density at radius 2 is 1.05 bits per heavy atom. The minimum atomic E-state index is -3.10. The van der Waals surface area contributed by atoms with Crippen molar-refractivity contribution in [3.63, 3.8) is 0 Å². The molecule has 0 atom stereocenters. The van der Waals surface area contributed by atoms with Gasteiger partial charge in [-0.2, -0.15) is 0 Å². The molecule has 0 radical (unpaired) electrons. The van der Waals surface area contributed by atoms with Crippen LogP contribution in [0.4, 0.5) is 51.2 Å². The highest BCUT2D eigenvalue weighted by molar-refractivity contribution is 7.33. The highest BCUT2D eigenvalue weighted by Gasteiger charge is 2.48. The predicted molar refractivity (Wildman–Crippen MR) is 418 cm³/mol. The second-order valence-electron chi connectivity index (χ2n) is 29.1. The number of fused-ring (bicyclic) bond motifs is 9. The highest BCUT2D eigenvalue weighted by Crippen LogP contribution is 2.51. The zero-order valence-corrected chi connectivity index (χ0v) is 58.3. The molecule has 7 heteroatoms. The summed E-state index contributed by atoms with van der Waals surface area (Å²) >= 11 is 1.77. The Morgan fingerprint density at radius 3 is 1.71 bits per heavy atom. The first kappa shape index (κ1) is 55.4. The van der Waals surface area contributed by atoms with Crippen LogP contribution in [0.25, 0.3) is 54.3 Å². The Bertz CT molecular complexity index is 5520. The lowest BCUT2D eigenvalue weighted by Gasteiger charge is -2.45. The van der Waals surface area contributed by atoms with Crippen molar-refractivity contribution in [2.75, 3.05) is 14.7 Å². The van der Waals surface area contributed by atoms with Crippen molar-refractivity contribution in [3.05, 3.63) is 295 Å². The van der Waals surface area contributed by atoms with Gasteiger partial charge in [-0.1, -0.05) is 258 Å². The number of furan rings is 1. The largest absolute Gasteiger partial charge is 0.456 e. The topological polar surface area (TPSA) is 22.9 Å². The molecule has 0 aliphatic carbocycles. The Kier molecular flexibility index (Phi) is 13.5. The summed E-state index contributed by atoms with van der Waals surface area (Å²) in [6, 6.07) is 88.6. The van der Waals surface area contributed by atoms with Crippen LogP contribution < -0.4 is 46.0 Å². The summed E-state index contributed by atoms with van der Waals surface area (Å²) in [6.45, 7) is 24.9. The molecule has 12 aromatic carbocycles. The van der Waals surface area contributed by atoms with Crippen LogP contribution in [-0.4, -0.2) is 14.8 Å². The maximum atomic E-state index is 9.36. The average molecular weight is 1280 g/mol. The van der Waals surface area contributed by atoms with E-state index in [-0.39, 0.29) is 47.3 Å². The molecular weight excluding hydrogens is 1200 g/mol. The molecule has 4 heterocycles. The first-order valence-corrected chi connectivity index (χ1v) is 37.1. The summed E-state index contributed by atoms with van der Waals surface area (Å²) < 4.78 is 54.2. The van der Waals surface area contributed by atoms with Crippen molar-refractivity contribution in [2.45, 2.75) is 98.5 Å². The van der Waals surface area contributed by atoms with E-state index < -0.39 is 14.1 Å². The lowest BCUT2D eigenvalue weighted by molar-refractivity contribution is 0.590.